The minimum absolute atomic E-state index is 0.122. The van der Waals surface area contributed by atoms with Gasteiger partial charge < -0.3 is 14.0 Å². The minimum Gasteiger partial charge on any atom is -0.598 e. The van der Waals surface area contributed by atoms with E-state index in [9.17, 15) is 4.55 Å². The zero-order chi connectivity index (χ0) is 18.6. The van der Waals surface area contributed by atoms with E-state index in [4.69, 9.17) is 9.47 Å². The molecule has 1 N–H and O–H groups in total. The highest BCUT2D eigenvalue weighted by atomic mass is 32.2. The lowest BCUT2D eigenvalue weighted by Gasteiger charge is -2.27. The van der Waals surface area contributed by atoms with Crippen molar-refractivity contribution in [2.24, 2.45) is 0 Å². The minimum atomic E-state index is -1.17. The maximum atomic E-state index is 12.4. The van der Waals surface area contributed by atoms with Gasteiger partial charge in [-0.3, -0.25) is 0 Å². The molecule has 7 heteroatoms. The van der Waals surface area contributed by atoms with Crippen LogP contribution in [0.2, 0.25) is 0 Å². The van der Waals surface area contributed by atoms with Crippen LogP contribution >= 0.6 is 11.3 Å². The fourth-order valence-corrected chi connectivity index (χ4v) is 3.86. The van der Waals surface area contributed by atoms with Crippen LogP contribution in [0.1, 0.15) is 45.0 Å². The van der Waals surface area contributed by atoms with Gasteiger partial charge in [-0.1, -0.05) is 12.1 Å². The number of rotatable bonds is 7. The molecule has 1 aromatic carbocycles. The molecule has 1 heterocycles. The van der Waals surface area contributed by atoms with Crippen molar-refractivity contribution in [3.63, 3.8) is 0 Å². The molecule has 25 heavy (non-hydrogen) atoms. The Morgan fingerprint density at radius 1 is 1.36 bits per heavy atom. The lowest BCUT2D eigenvalue weighted by atomic mass is 10.0. The van der Waals surface area contributed by atoms with Gasteiger partial charge in [-0.15, -0.1) is 16.1 Å². The van der Waals surface area contributed by atoms with E-state index in [2.05, 4.69) is 9.71 Å². The largest absolute Gasteiger partial charge is 0.598 e. The van der Waals surface area contributed by atoms with Gasteiger partial charge >= 0.3 is 0 Å². The Hall–Kier alpha value is -1.12. The maximum absolute atomic E-state index is 12.4. The molecule has 5 nitrogen and oxygen atoms in total. The van der Waals surface area contributed by atoms with Crippen LogP contribution in [0.5, 0.6) is 5.75 Å². The summed E-state index contributed by atoms with van der Waals surface area (Å²) in [6.45, 7) is 9.97. The van der Waals surface area contributed by atoms with Gasteiger partial charge in [-0.2, -0.15) is 0 Å². The van der Waals surface area contributed by atoms with E-state index in [0.717, 1.165) is 27.4 Å². The smallest absolute Gasteiger partial charge is 0.188 e. The van der Waals surface area contributed by atoms with Gasteiger partial charge in [0.1, 0.15) is 10.5 Å². The molecular formula is C18H26N2O3S2. The molecule has 0 aliphatic heterocycles. The summed E-state index contributed by atoms with van der Waals surface area (Å²) in [5.74, 6) is 0.720. The third-order valence-electron chi connectivity index (χ3n) is 3.66. The fourth-order valence-electron chi connectivity index (χ4n) is 2.26. The first-order valence-electron chi connectivity index (χ1n) is 8.08. The van der Waals surface area contributed by atoms with Gasteiger partial charge in [0.2, 0.25) is 0 Å². The maximum Gasteiger partial charge on any atom is 0.188 e. The van der Waals surface area contributed by atoms with Crippen LogP contribution in [0.15, 0.2) is 23.7 Å². The van der Waals surface area contributed by atoms with Gasteiger partial charge in [0, 0.05) is 24.0 Å². The van der Waals surface area contributed by atoms with Crippen molar-refractivity contribution in [2.45, 2.75) is 45.4 Å². The van der Waals surface area contributed by atoms with Crippen LogP contribution in [0.3, 0.4) is 0 Å². The summed E-state index contributed by atoms with van der Waals surface area (Å²) in [7, 11) is 1.59. The highest BCUT2D eigenvalue weighted by molar-refractivity contribution is 7.90. The zero-order valence-electron chi connectivity index (χ0n) is 15.6. The SMILES string of the molecule is COCOc1cc(-c2scnc2C)ccc1[C@H](C)N[S+]([O-])C(C)(C)C. The summed E-state index contributed by atoms with van der Waals surface area (Å²) in [4.78, 5) is 5.43. The van der Waals surface area contributed by atoms with E-state index in [1.165, 1.54) is 0 Å². The second-order valence-corrected chi connectivity index (χ2v) is 9.64. The molecule has 0 saturated heterocycles. The summed E-state index contributed by atoms with van der Waals surface area (Å²) in [5, 5.41) is 0. The second-order valence-electron chi connectivity index (χ2n) is 6.79. The average Bonchev–Trinajstić information content (AvgIpc) is 2.97. The first-order valence-corrected chi connectivity index (χ1v) is 10.1. The first-order chi connectivity index (χ1) is 11.7. The Morgan fingerprint density at radius 3 is 2.64 bits per heavy atom. The quantitative estimate of drug-likeness (QED) is 0.574. The van der Waals surface area contributed by atoms with Crippen molar-refractivity contribution < 1.29 is 14.0 Å². The second kappa shape index (κ2) is 8.51. The molecule has 138 valence electrons. The van der Waals surface area contributed by atoms with Crippen LogP contribution in [0, 0.1) is 6.92 Å². The molecule has 1 unspecified atom stereocenters. The summed E-state index contributed by atoms with van der Waals surface area (Å²) >= 11 is 0.436. The van der Waals surface area contributed by atoms with Gasteiger partial charge in [0.25, 0.3) is 0 Å². The van der Waals surface area contributed by atoms with Crippen LogP contribution in [-0.4, -0.2) is 28.2 Å². The van der Waals surface area contributed by atoms with Crippen molar-refractivity contribution in [3.8, 4) is 16.2 Å². The molecular weight excluding hydrogens is 356 g/mol. The fraction of sp³-hybridized carbons (Fsp3) is 0.500. The molecule has 0 fully saturated rings. The van der Waals surface area contributed by atoms with E-state index in [1.54, 1.807) is 18.4 Å². The Morgan fingerprint density at radius 2 is 2.08 bits per heavy atom. The lowest BCUT2D eigenvalue weighted by molar-refractivity contribution is 0.0502. The van der Waals surface area contributed by atoms with E-state index in [-0.39, 0.29) is 17.6 Å². The van der Waals surface area contributed by atoms with Gasteiger partial charge in [-0.25, -0.2) is 4.98 Å². The highest BCUT2D eigenvalue weighted by Gasteiger charge is 2.29. The van der Waals surface area contributed by atoms with Crippen LogP contribution in [-0.2, 0) is 16.1 Å². The molecule has 1 aromatic heterocycles. The van der Waals surface area contributed by atoms with E-state index in [1.807, 2.05) is 58.3 Å². The first kappa shape index (κ1) is 20.2. The van der Waals surface area contributed by atoms with Gasteiger partial charge in [0.15, 0.2) is 6.79 Å². The summed E-state index contributed by atoms with van der Waals surface area (Å²) in [6.07, 6.45) is 0. The number of aryl methyl sites for hydroxylation is 1. The molecule has 0 radical (unpaired) electrons. The molecule has 0 amide bonds. The number of hydrogen-bond donors (Lipinski definition) is 1. The summed E-state index contributed by atoms with van der Waals surface area (Å²) in [6, 6.07) is 5.93. The topological polar surface area (TPSA) is 66.4 Å². The third kappa shape index (κ3) is 5.18. The van der Waals surface area contributed by atoms with Gasteiger partial charge in [-0.05, 0) is 46.2 Å². The molecule has 2 rings (SSSR count). The van der Waals surface area contributed by atoms with E-state index in [0.29, 0.717) is 0 Å². The number of nitrogens with one attached hydrogen (secondary N) is 1. The number of methoxy groups -OCH3 is 1. The Balaban J connectivity index is 2.31. The van der Waals surface area contributed by atoms with Crippen molar-refractivity contribution in [3.05, 3.63) is 35.0 Å². The molecule has 2 aromatic rings. The van der Waals surface area contributed by atoms with Crippen molar-refractivity contribution in [2.75, 3.05) is 13.9 Å². The summed E-state index contributed by atoms with van der Waals surface area (Å²) in [5.41, 5.74) is 4.83. The average molecular weight is 383 g/mol. The van der Waals surface area contributed by atoms with Crippen LogP contribution < -0.4 is 9.46 Å². The highest BCUT2D eigenvalue weighted by Crippen LogP contribution is 2.34. The number of aromatic nitrogens is 1. The monoisotopic (exact) mass is 382 g/mol. The Labute approximate surface area is 157 Å². The number of nitrogens with zero attached hydrogens (tertiary/aromatic N) is 1. The Kier molecular flexibility index (Phi) is 6.87. The Bertz CT molecular complexity index is 698. The molecule has 2 atom stereocenters. The molecule has 0 bridgehead atoms. The zero-order valence-corrected chi connectivity index (χ0v) is 17.2. The number of benzene rings is 1. The third-order valence-corrected chi connectivity index (χ3v) is 6.32. The predicted octanol–water partition coefficient (Wildman–Crippen LogP) is 4.21. The van der Waals surface area contributed by atoms with E-state index >= 15 is 0 Å². The van der Waals surface area contributed by atoms with E-state index < -0.39 is 11.4 Å². The number of ether oxygens (including phenoxy) is 2. The van der Waals surface area contributed by atoms with Crippen molar-refractivity contribution in [1.82, 2.24) is 9.71 Å². The predicted molar refractivity (Wildman–Crippen MR) is 104 cm³/mol. The molecule has 0 spiro atoms. The molecule has 0 aliphatic carbocycles. The summed E-state index contributed by atoms with van der Waals surface area (Å²) < 4.78 is 26.1. The normalized spacial score (nSPS) is 14.4. The lowest BCUT2D eigenvalue weighted by Crippen LogP contribution is -2.40. The van der Waals surface area contributed by atoms with Gasteiger partial charge in [0.05, 0.1) is 22.1 Å². The standard InChI is InChI=1S/C18H26N2O3S2/c1-12(20-25(21)18(3,4)5)15-8-7-14(9-16(15)23-11-22-6)17-13(2)19-10-24-17/h7-10,12,20H,11H2,1-6H3/t12-,25?/m0/s1. The number of thiazole rings is 1. The van der Waals surface area contributed by atoms with Crippen LogP contribution in [0.4, 0.5) is 0 Å². The van der Waals surface area contributed by atoms with Crippen LogP contribution in [0.25, 0.3) is 10.4 Å². The van der Waals surface area contributed by atoms with Crippen molar-refractivity contribution >= 4 is 22.7 Å². The van der Waals surface area contributed by atoms with Crippen molar-refractivity contribution in [1.29, 1.82) is 0 Å². The number of hydrogen-bond acceptors (Lipinski definition) is 6. The molecule has 0 saturated carbocycles. The molecule has 0 aliphatic rings.